The minimum atomic E-state index is -0.243. The van der Waals surface area contributed by atoms with Crippen molar-refractivity contribution >= 4 is 11.7 Å². The molecule has 1 aliphatic heterocycles. The first kappa shape index (κ1) is 13.6. The van der Waals surface area contributed by atoms with Gasteiger partial charge in [-0.2, -0.15) is 0 Å². The second-order valence-electron chi connectivity index (χ2n) is 5.13. The van der Waals surface area contributed by atoms with E-state index in [0.717, 1.165) is 16.8 Å². The summed E-state index contributed by atoms with van der Waals surface area (Å²) in [6.07, 6.45) is 0.621. The normalized spacial score (nSPS) is 20.9. The van der Waals surface area contributed by atoms with E-state index in [4.69, 9.17) is 9.73 Å². The van der Waals surface area contributed by atoms with Crippen LogP contribution in [-0.4, -0.2) is 18.8 Å². The highest BCUT2D eigenvalue weighted by Gasteiger charge is 2.36. The molecule has 3 rings (SSSR count). The number of hydrogen-bond donors (Lipinski definition) is 0. The maximum absolute atomic E-state index is 12.1. The number of esters is 1. The number of methoxy groups -OCH3 is 1. The van der Waals surface area contributed by atoms with Gasteiger partial charge in [-0.3, -0.25) is 9.79 Å². The molecule has 0 saturated heterocycles. The zero-order valence-corrected chi connectivity index (χ0v) is 11.9. The van der Waals surface area contributed by atoms with Crippen molar-refractivity contribution in [1.29, 1.82) is 0 Å². The summed E-state index contributed by atoms with van der Waals surface area (Å²) >= 11 is 0. The quantitative estimate of drug-likeness (QED) is 0.808. The number of carbonyl (C=O) groups is 1. The Bertz CT molecular complexity index is 649. The van der Waals surface area contributed by atoms with E-state index in [1.165, 1.54) is 7.11 Å². The molecule has 3 nitrogen and oxygen atoms in total. The number of benzene rings is 2. The third kappa shape index (κ3) is 2.72. The smallest absolute Gasteiger partial charge is 0.311 e. The molecule has 0 fully saturated rings. The summed E-state index contributed by atoms with van der Waals surface area (Å²) in [4.78, 5) is 16.9. The van der Waals surface area contributed by atoms with Gasteiger partial charge in [0.15, 0.2) is 0 Å². The molecule has 2 aromatic carbocycles. The van der Waals surface area contributed by atoms with Crippen molar-refractivity contribution in [2.75, 3.05) is 7.11 Å². The van der Waals surface area contributed by atoms with Gasteiger partial charge in [-0.1, -0.05) is 60.7 Å². The van der Waals surface area contributed by atoms with Gasteiger partial charge < -0.3 is 4.74 Å². The molecule has 3 heteroatoms. The van der Waals surface area contributed by atoms with Gasteiger partial charge in [0.2, 0.25) is 0 Å². The van der Waals surface area contributed by atoms with Gasteiger partial charge in [0.25, 0.3) is 0 Å². The van der Waals surface area contributed by atoms with Crippen LogP contribution in [0.15, 0.2) is 65.7 Å². The molecule has 2 aromatic rings. The summed E-state index contributed by atoms with van der Waals surface area (Å²) in [5, 5.41) is 0. The molecule has 0 N–H and O–H groups in total. The van der Waals surface area contributed by atoms with Gasteiger partial charge in [-0.15, -0.1) is 0 Å². The van der Waals surface area contributed by atoms with Crippen LogP contribution in [-0.2, 0) is 9.53 Å². The zero-order chi connectivity index (χ0) is 14.7. The van der Waals surface area contributed by atoms with Gasteiger partial charge in [0.05, 0.1) is 19.1 Å². The molecule has 0 radical (unpaired) electrons. The topological polar surface area (TPSA) is 38.7 Å². The molecular weight excluding hydrogens is 262 g/mol. The van der Waals surface area contributed by atoms with Gasteiger partial charge in [0.1, 0.15) is 0 Å². The Morgan fingerprint density at radius 3 is 2.29 bits per heavy atom. The number of ether oxygens (including phenoxy) is 1. The van der Waals surface area contributed by atoms with Gasteiger partial charge in [-0.25, -0.2) is 0 Å². The Morgan fingerprint density at radius 1 is 1.05 bits per heavy atom. The lowest BCUT2D eigenvalue weighted by Crippen LogP contribution is -2.20. The fraction of sp³-hybridized carbons (Fsp3) is 0.222. The van der Waals surface area contributed by atoms with Crippen molar-refractivity contribution < 1.29 is 9.53 Å². The van der Waals surface area contributed by atoms with Crippen LogP contribution in [0.25, 0.3) is 0 Å². The Kier molecular flexibility index (Phi) is 3.82. The molecule has 1 aliphatic rings. The standard InChI is InChI=1S/C18H17NO2/c1-21-18(20)15-12-16(13-8-4-2-5-9-13)19-17(15)14-10-6-3-7-11-14/h2-11,15,17H,12H2,1H3/t15-,17+/m1/s1. The molecule has 21 heavy (non-hydrogen) atoms. The van der Waals surface area contributed by atoms with Gasteiger partial charge >= 0.3 is 5.97 Å². The summed E-state index contributed by atoms with van der Waals surface area (Å²) in [7, 11) is 1.44. The lowest BCUT2D eigenvalue weighted by Gasteiger charge is -2.15. The van der Waals surface area contributed by atoms with Crippen LogP contribution < -0.4 is 0 Å². The minimum Gasteiger partial charge on any atom is -0.469 e. The molecule has 0 bridgehead atoms. The first-order chi connectivity index (χ1) is 10.3. The van der Waals surface area contributed by atoms with Crippen molar-refractivity contribution in [3.05, 3.63) is 71.8 Å². The molecule has 0 saturated carbocycles. The van der Waals surface area contributed by atoms with Crippen LogP contribution in [0.3, 0.4) is 0 Å². The van der Waals surface area contributed by atoms with Crippen LogP contribution >= 0.6 is 0 Å². The lowest BCUT2D eigenvalue weighted by molar-refractivity contribution is -0.145. The Hall–Kier alpha value is -2.42. The molecule has 0 spiro atoms. The SMILES string of the molecule is COC(=O)[C@@H]1CC(c2ccccc2)=N[C@H]1c1ccccc1. The van der Waals surface area contributed by atoms with E-state index >= 15 is 0 Å². The van der Waals surface area contributed by atoms with Crippen LogP contribution in [0.5, 0.6) is 0 Å². The van der Waals surface area contributed by atoms with E-state index in [9.17, 15) is 4.79 Å². The summed E-state index contributed by atoms with van der Waals surface area (Å²) in [6.45, 7) is 0. The highest BCUT2D eigenvalue weighted by atomic mass is 16.5. The Labute approximate surface area is 124 Å². The van der Waals surface area contributed by atoms with E-state index in [1.807, 2.05) is 60.7 Å². The molecule has 106 valence electrons. The van der Waals surface area contributed by atoms with E-state index in [1.54, 1.807) is 0 Å². The number of hydrogen-bond acceptors (Lipinski definition) is 3. The molecule has 0 amide bonds. The summed E-state index contributed by atoms with van der Waals surface area (Å²) in [5.74, 6) is -0.439. The second-order valence-corrected chi connectivity index (χ2v) is 5.13. The molecule has 1 heterocycles. The lowest BCUT2D eigenvalue weighted by atomic mass is 9.92. The zero-order valence-electron chi connectivity index (χ0n) is 11.9. The van der Waals surface area contributed by atoms with Crippen LogP contribution in [0.2, 0.25) is 0 Å². The van der Waals surface area contributed by atoms with Crippen LogP contribution in [0, 0.1) is 5.92 Å². The van der Waals surface area contributed by atoms with E-state index in [2.05, 4.69) is 0 Å². The maximum Gasteiger partial charge on any atom is 0.311 e. The summed E-state index contributed by atoms with van der Waals surface area (Å²) in [6, 6.07) is 19.8. The fourth-order valence-corrected chi connectivity index (χ4v) is 2.77. The predicted molar refractivity (Wildman–Crippen MR) is 82.3 cm³/mol. The minimum absolute atomic E-state index is 0.158. The highest BCUT2D eigenvalue weighted by molar-refractivity contribution is 6.04. The summed E-state index contributed by atoms with van der Waals surface area (Å²) < 4.78 is 4.96. The van der Waals surface area contributed by atoms with E-state index in [-0.39, 0.29) is 17.9 Å². The van der Waals surface area contributed by atoms with Crippen molar-refractivity contribution in [3.63, 3.8) is 0 Å². The van der Waals surface area contributed by atoms with E-state index < -0.39 is 0 Å². The van der Waals surface area contributed by atoms with Gasteiger partial charge in [0, 0.05) is 12.1 Å². The first-order valence-electron chi connectivity index (χ1n) is 7.04. The average molecular weight is 279 g/mol. The predicted octanol–water partition coefficient (Wildman–Crippen LogP) is 3.41. The third-order valence-electron chi connectivity index (χ3n) is 3.84. The molecule has 0 unspecified atom stereocenters. The fourth-order valence-electron chi connectivity index (χ4n) is 2.77. The van der Waals surface area contributed by atoms with Crippen molar-refractivity contribution in [2.45, 2.75) is 12.5 Å². The van der Waals surface area contributed by atoms with Crippen molar-refractivity contribution in [1.82, 2.24) is 0 Å². The molecule has 0 aromatic heterocycles. The number of carbonyl (C=O) groups excluding carboxylic acids is 1. The molecule has 2 atom stereocenters. The first-order valence-corrected chi connectivity index (χ1v) is 7.04. The molecular formula is C18H17NO2. The van der Waals surface area contributed by atoms with E-state index in [0.29, 0.717) is 6.42 Å². The number of aliphatic imine (C=N–C) groups is 1. The largest absolute Gasteiger partial charge is 0.469 e. The maximum atomic E-state index is 12.1. The Morgan fingerprint density at radius 2 is 1.67 bits per heavy atom. The number of rotatable bonds is 3. The van der Waals surface area contributed by atoms with Crippen molar-refractivity contribution in [3.8, 4) is 0 Å². The van der Waals surface area contributed by atoms with Crippen molar-refractivity contribution in [2.24, 2.45) is 10.9 Å². The van der Waals surface area contributed by atoms with Crippen LogP contribution in [0.1, 0.15) is 23.6 Å². The summed E-state index contributed by atoms with van der Waals surface area (Å²) in [5.41, 5.74) is 3.10. The second kappa shape index (κ2) is 5.92. The Balaban J connectivity index is 1.97. The van der Waals surface area contributed by atoms with Crippen LogP contribution in [0.4, 0.5) is 0 Å². The monoisotopic (exact) mass is 279 g/mol. The third-order valence-corrected chi connectivity index (χ3v) is 3.84. The van der Waals surface area contributed by atoms with Gasteiger partial charge in [-0.05, 0) is 11.1 Å². The average Bonchev–Trinajstić information content (AvgIpc) is 3.01. The number of nitrogens with zero attached hydrogens (tertiary/aromatic N) is 1. The highest BCUT2D eigenvalue weighted by Crippen LogP contribution is 2.37. The molecule has 0 aliphatic carbocycles.